The second-order valence-corrected chi connectivity index (χ2v) is 6.63. The predicted octanol–water partition coefficient (Wildman–Crippen LogP) is 2.62. The highest BCUT2D eigenvalue weighted by atomic mass is 79.9. The summed E-state index contributed by atoms with van der Waals surface area (Å²) in [5.74, 6) is -0.345. The molecule has 1 atom stereocenters. The van der Waals surface area contributed by atoms with Crippen molar-refractivity contribution in [1.29, 1.82) is 0 Å². The first-order valence-electron chi connectivity index (χ1n) is 6.59. The molecule has 4 nitrogen and oxygen atoms in total. The normalized spacial score (nSPS) is 21.5. The Hall–Kier alpha value is -1.20. The van der Waals surface area contributed by atoms with Crippen LogP contribution in [0.4, 0.5) is 5.69 Å². The third-order valence-corrected chi connectivity index (χ3v) is 3.84. The first kappa shape index (κ1) is 15.2. The van der Waals surface area contributed by atoms with Gasteiger partial charge < -0.3 is 10.0 Å². The van der Waals surface area contributed by atoms with Gasteiger partial charge in [-0.25, -0.2) is 0 Å². The van der Waals surface area contributed by atoms with Crippen molar-refractivity contribution in [3.63, 3.8) is 0 Å². The number of aliphatic hydroxyl groups is 1. The molecule has 108 valence electrons. The fourth-order valence-corrected chi connectivity index (χ4v) is 2.96. The van der Waals surface area contributed by atoms with Crippen molar-refractivity contribution >= 4 is 33.3 Å². The fourth-order valence-electron chi connectivity index (χ4n) is 2.60. The van der Waals surface area contributed by atoms with Crippen molar-refractivity contribution < 1.29 is 14.7 Å². The topological polar surface area (TPSA) is 57.6 Å². The zero-order valence-electron chi connectivity index (χ0n) is 11.8. The smallest absolute Gasteiger partial charge is 0.264 e. The Bertz CT molecular complexity index is 570. The summed E-state index contributed by atoms with van der Waals surface area (Å²) < 4.78 is 0.775. The van der Waals surface area contributed by atoms with Gasteiger partial charge in [-0.2, -0.15) is 0 Å². The fraction of sp³-hybridized carbons (Fsp3) is 0.467. The molecule has 5 heteroatoms. The maximum absolute atomic E-state index is 12.6. The van der Waals surface area contributed by atoms with Crippen LogP contribution in [0.25, 0.3) is 0 Å². The van der Waals surface area contributed by atoms with E-state index < -0.39 is 11.5 Å². The number of hydrogen-bond acceptors (Lipinski definition) is 3. The summed E-state index contributed by atoms with van der Waals surface area (Å²) in [7, 11) is 0. The Morgan fingerprint density at radius 2 is 2.10 bits per heavy atom. The summed E-state index contributed by atoms with van der Waals surface area (Å²) >= 11 is 3.35. The lowest BCUT2D eigenvalue weighted by molar-refractivity contribution is -0.141. The largest absolute Gasteiger partial charge is 0.375 e. The number of Topliss-reactive ketones (excluding diaryl/α,β-unsaturated/α-hetero) is 1. The van der Waals surface area contributed by atoms with Gasteiger partial charge in [0.1, 0.15) is 5.78 Å². The van der Waals surface area contributed by atoms with Gasteiger partial charge in [0.15, 0.2) is 5.60 Å². The molecule has 20 heavy (non-hydrogen) atoms. The molecule has 2 rings (SSSR count). The number of carbonyl (C=O) groups is 2. The molecule has 0 spiro atoms. The lowest BCUT2D eigenvalue weighted by Gasteiger charge is -2.23. The van der Waals surface area contributed by atoms with Gasteiger partial charge in [-0.05, 0) is 31.0 Å². The number of halogens is 1. The van der Waals surface area contributed by atoms with Gasteiger partial charge in [-0.1, -0.05) is 29.8 Å². The van der Waals surface area contributed by atoms with E-state index in [0.29, 0.717) is 17.8 Å². The number of benzene rings is 1. The number of hydrogen-bond donors (Lipinski definition) is 1. The Balaban J connectivity index is 2.54. The second kappa shape index (κ2) is 5.30. The highest BCUT2D eigenvalue weighted by Gasteiger charge is 2.50. The summed E-state index contributed by atoms with van der Waals surface area (Å²) in [5.41, 5.74) is -0.539. The van der Waals surface area contributed by atoms with Crippen LogP contribution in [-0.2, 0) is 15.2 Å². The molecule has 0 bridgehead atoms. The first-order chi connectivity index (χ1) is 9.25. The van der Waals surface area contributed by atoms with Gasteiger partial charge in [0.2, 0.25) is 0 Å². The number of carbonyl (C=O) groups excluding carboxylic acids is 2. The van der Waals surface area contributed by atoms with Crippen molar-refractivity contribution in [1.82, 2.24) is 0 Å². The average molecular weight is 340 g/mol. The molecule has 1 heterocycles. The van der Waals surface area contributed by atoms with Gasteiger partial charge in [-0.15, -0.1) is 0 Å². The van der Waals surface area contributed by atoms with E-state index in [1.54, 1.807) is 17.0 Å². The first-order valence-corrected chi connectivity index (χ1v) is 7.39. The third-order valence-electron chi connectivity index (χ3n) is 3.35. The van der Waals surface area contributed by atoms with Crippen molar-refractivity contribution in [2.24, 2.45) is 5.92 Å². The van der Waals surface area contributed by atoms with E-state index in [0.717, 1.165) is 4.47 Å². The second-order valence-electron chi connectivity index (χ2n) is 5.71. The third kappa shape index (κ3) is 2.52. The van der Waals surface area contributed by atoms with E-state index in [2.05, 4.69) is 15.9 Å². The molecule has 1 unspecified atom stereocenters. The molecular weight excluding hydrogens is 322 g/mol. The predicted molar refractivity (Wildman–Crippen MR) is 80.5 cm³/mol. The van der Waals surface area contributed by atoms with Crippen LogP contribution in [0.1, 0.15) is 32.8 Å². The van der Waals surface area contributed by atoms with Gasteiger partial charge in [0.25, 0.3) is 5.91 Å². The number of rotatable bonds is 4. The SMILES string of the molecule is CC(=O)CC1(O)C(=O)N(CC(C)C)c2ccc(Br)cc21. The quantitative estimate of drug-likeness (QED) is 0.917. The standard InChI is InChI=1S/C15H18BrNO3/c1-9(2)8-17-13-5-4-11(16)6-12(13)15(20,14(17)19)7-10(3)18/h4-6,9,20H,7-8H2,1-3H3. The molecule has 0 aliphatic carbocycles. The summed E-state index contributed by atoms with van der Waals surface area (Å²) in [6.07, 6.45) is -0.191. The van der Waals surface area contributed by atoms with Crippen molar-refractivity contribution in [2.75, 3.05) is 11.4 Å². The van der Waals surface area contributed by atoms with E-state index in [1.165, 1.54) is 6.92 Å². The van der Waals surface area contributed by atoms with E-state index in [-0.39, 0.29) is 18.1 Å². The van der Waals surface area contributed by atoms with Gasteiger partial charge in [0, 0.05) is 23.0 Å². The van der Waals surface area contributed by atoms with Crippen LogP contribution in [0.2, 0.25) is 0 Å². The Labute approximate surface area is 126 Å². The summed E-state index contributed by atoms with van der Waals surface area (Å²) in [6.45, 7) is 5.92. The molecule has 0 fully saturated rings. The van der Waals surface area contributed by atoms with E-state index >= 15 is 0 Å². The minimum Gasteiger partial charge on any atom is -0.375 e. The maximum atomic E-state index is 12.6. The van der Waals surface area contributed by atoms with Crippen LogP contribution >= 0.6 is 15.9 Å². The zero-order chi connectivity index (χ0) is 15.1. The summed E-state index contributed by atoms with van der Waals surface area (Å²) in [6, 6.07) is 5.35. The van der Waals surface area contributed by atoms with Gasteiger partial charge >= 0.3 is 0 Å². The molecule has 1 N–H and O–H groups in total. The summed E-state index contributed by atoms with van der Waals surface area (Å²) in [5, 5.41) is 10.8. The van der Waals surface area contributed by atoms with Crippen molar-refractivity contribution in [2.45, 2.75) is 32.8 Å². The lowest BCUT2D eigenvalue weighted by atomic mass is 9.90. The van der Waals surface area contributed by atoms with Crippen LogP contribution in [0.3, 0.4) is 0 Å². The monoisotopic (exact) mass is 339 g/mol. The maximum Gasteiger partial charge on any atom is 0.264 e. The highest BCUT2D eigenvalue weighted by molar-refractivity contribution is 9.10. The molecule has 0 radical (unpaired) electrons. The number of nitrogens with zero attached hydrogens (tertiary/aromatic N) is 1. The van der Waals surface area contributed by atoms with E-state index in [9.17, 15) is 14.7 Å². The molecule has 0 saturated heterocycles. The van der Waals surface area contributed by atoms with Gasteiger partial charge in [-0.3, -0.25) is 9.59 Å². The van der Waals surface area contributed by atoms with Crippen LogP contribution < -0.4 is 4.90 Å². The van der Waals surface area contributed by atoms with Crippen LogP contribution in [0.5, 0.6) is 0 Å². The average Bonchev–Trinajstić information content (AvgIpc) is 2.50. The highest BCUT2D eigenvalue weighted by Crippen LogP contribution is 2.43. The van der Waals surface area contributed by atoms with Crippen molar-refractivity contribution in [3.8, 4) is 0 Å². The molecule has 1 aromatic carbocycles. The number of anilines is 1. The molecular formula is C15H18BrNO3. The van der Waals surface area contributed by atoms with Gasteiger partial charge in [0.05, 0.1) is 5.69 Å². The Morgan fingerprint density at radius 1 is 1.45 bits per heavy atom. The number of fused-ring (bicyclic) bond motifs is 1. The lowest BCUT2D eigenvalue weighted by Crippen LogP contribution is -2.42. The van der Waals surface area contributed by atoms with Crippen LogP contribution in [0.15, 0.2) is 22.7 Å². The molecule has 1 aliphatic rings. The van der Waals surface area contributed by atoms with Crippen LogP contribution in [0, 0.1) is 5.92 Å². The molecule has 1 amide bonds. The number of ketones is 1. The zero-order valence-corrected chi connectivity index (χ0v) is 13.4. The van der Waals surface area contributed by atoms with E-state index in [4.69, 9.17) is 0 Å². The van der Waals surface area contributed by atoms with Crippen molar-refractivity contribution in [3.05, 3.63) is 28.2 Å². The number of amides is 1. The Kier molecular flexibility index (Phi) is 4.02. The van der Waals surface area contributed by atoms with Crippen LogP contribution in [-0.4, -0.2) is 23.3 Å². The minimum absolute atomic E-state index is 0.191. The molecule has 0 saturated carbocycles. The Morgan fingerprint density at radius 3 is 2.65 bits per heavy atom. The molecule has 0 aromatic heterocycles. The van der Waals surface area contributed by atoms with E-state index in [1.807, 2.05) is 19.9 Å². The minimum atomic E-state index is -1.74. The molecule has 1 aliphatic heterocycles. The molecule has 1 aromatic rings. The summed E-state index contributed by atoms with van der Waals surface area (Å²) in [4.78, 5) is 25.6.